The normalized spacial score (nSPS) is 18.6. The van der Waals surface area contributed by atoms with Crippen LogP contribution in [-0.4, -0.2) is 29.1 Å². The number of hydrogen-bond acceptors (Lipinski definition) is 4. The Balaban J connectivity index is 1.52. The predicted molar refractivity (Wildman–Crippen MR) is 118 cm³/mol. The zero-order valence-corrected chi connectivity index (χ0v) is 18.1. The number of rotatable bonds is 4. The zero-order valence-electron chi connectivity index (χ0n) is 15.7. The number of aryl methyl sites for hydroxylation is 1. The molecular weight excluding hydrogens is 436 g/mol. The highest BCUT2D eigenvalue weighted by molar-refractivity contribution is 9.10. The van der Waals surface area contributed by atoms with Gasteiger partial charge in [0.2, 0.25) is 0 Å². The van der Waals surface area contributed by atoms with E-state index in [4.69, 9.17) is 0 Å². The Morgan fingerprint density at radius 3 is 2.46 bits per heavy atom. The molecule has 0 unspecified atom stereocenters. The van der Waals surface area contributed by atoms with E-state index in [-0.39, 0.29) is 11.1 Å². The van der Waals surface area contributed by atoms with Gasteiger partial charge in [0.25, 0.3) is 11.1 Å². The first kappa shape index (κ1) is 19.3. The van der Waals surface area contributed by atoms with Gasteiger partial charge in [0.15, 0.2) is 0 Å². The van der Waals surface area contributed by atoms with E-state index >= 15 is 0 Å². The second-order valence-corrected chi connectivity index (χ2v) is 9.04. The first-order valence-electron chi connectivity index (χ1n) is 9.37. The lowest BCUT2D eigenvalue weighted by Gasteiger charge is -2.20. The van der Waals surface area contributed by atoms with Crippen molar-refractivity contribution < 1.29 is 9.59 Å². The molecule has 144 valence electrons. The molecule has 0 aliphatic carbocycles. The number of carbonyl (C=O) groups is 2. The van der Waals surface area contributed by atoms with Crippen molar-refractivity contribution in [3.63, 3.8) is 0 Å². The van der Waals surface area contributed by atoms with Gasteiger partial charge in [-0.05, 0) is 78.6 Å². The molecule has 0 saturated carbocycles. The van der Waals surface area contributed by atoms with Gasteiger partial charge >= 0.3 is 0 Å². The predicted octanol–water partition coefficient (Wildman–Crippen LogP) is 5.59. The highest BCUT2D eigenvalue weighted by Crippen LogP contribution is 2.34. The molecule has 2 aliphatic rings. The topological polar surface area (TPSA) is 40.6 Å². The molecule has 2 aromatic rings. The highest BCUT2D eigenvalue weighted by Gasteiger charge is 2.35. The molecule has 4 rings (SSSR count). The largest absolute Gasteiger partial charge is 0.371 e. The van der Waals surface area contributed by atoms with E-state index in [1.165, 1.54) is 29.0 Å². The summed E-state index contributed by atoms with van der Waals surface area (Å²) in [6.07, 6.45) is 4.31. The SMILES string of the molecule is Cc1cc(/C=C2\SC(=O)N(Cc3ccc(Br)cc3)C2=O)ccc1N1CCCC1. The minimum atomic E-state index is -0.223. The molecule has 2 aromatic carbocycles. The Hall–Kier alpha value is -2.05. The first-order chi connectivity index (χ1) is 13.5. The van der Waals surface area contributed by atoms with E-state index < -0.39 is 0 Å². The summed E-state index contributed by atoms with van der Waals surface area (Å²) in [5.74, 6) is -0.223. The van der Waals surface area contributed by atoms with E-state index in [0.717, 1.165) is 40.5 Å². The van der Waals surface area contributed by atoms with Crippen LogP contribution in [0.15, 0.2) is 51.8 Å². The molecule has 2 aliphatic heterocycles. The lowest BCUT2D eigenvalue weighted by atomic mass is 10.1. The summed E-state index contributed by atoms with van der Waals surface area (Å²) in [5.41, 5.74) is 4.34. The molecule has 2 saturated heterocycles. The summed E-state index contributed by atoms with van der Waals surface area (Å²) in [6.45, 7) is 4.61. The number of imide groups is 1. The van der Waals surface area contributed by atoms with Crippen molar-refractivity contribution in [3.05, 3.63) is 68.5 Å². The lowest BCUT2D eigenvalue weighted by molar-refractivity contribution is -0.123. The highest BCUT2D eigenvalue weighted by atomic mass is 79.9. The smallest absolute Gasteiger partial charge is 0.293 e. The average molecular weight is 457 g/mol. The monoisotopic (exact) mass is 456 g/mol. The van der Waals surface area contributed by atoms with Crippen molar-refractivity contribution in [1.29, 1.82) is 0 Å². The maximum Gasteiger partial charge on any atom is 0.293 e. The van der Waals surface area contributed by atoms with Crippen LogP contribution >= 0.6 is 27.7 Å². The first-order valence-corrected chi connectivity index (χ1v) is 11.0. The number of benzene rings is 2. The number of halogens is 1. The molecule has 2 amide bonds. The van der Waals surface area contributed by atoms with Gasteiger partial charge < -0.3 is 4.90 Å². The van der Waals surface area contributed by atoms with Gasteiger partial charge in [-0.2, -0.15) is 0 Å². The number of anilines is 1. The Labute approximate surface area is 177 Å². The van der Waals surface area contributed by atoms with Crippen molar-refractivity contribution in [1.82, 2.24) is 4.90 Å². The summed E-state index contributed by atoms with van der Waals surface area (Å²) in [5, 5.41) is -0.218. The van der Waals surface area contributed by atoms with Crippen LogP contribution in [0.25, 0.3) is 6.08 Å². The molecule has 0 atom stereocenters. The van der Waals surface area contributed by atoms with Crippen LogP contribution in [0.3, 0.4) is 0 Å². The fourth-order valence-corrected chi connectivity index (χ4v) is 4.74. The van der Waals surface area contributed by atoms with E-state index in [9.17, 15) is 9.59 Å². The van der Waals surface area contributed by atoms with Crippen LogP contribution < -0.4 is 4.90 Å². The van der Waals surface area contributed by atoms with Crippen molar-refractivity contribution in [2.75, 3.05) is 18.0 Å². The van der Waals surface area contributed by atoms with Crippen LogP contribution in [0.4, 0.5) is 10.5 Å². The minimum Gasteiger partial charge on any atom is -0.371 e. The van der Waals surface area contributed by atoms with Gasteiger partial charge in [0.1, 0.15) is 0 Å². The number of carbonyl (C=O) groups excluding carboxylic acids is 2. The van der Waals surface area contributed by atoms with E-state index in [0.29, 0.717) is 11.4 Å². The minimum absolute atomic E-state index is 0.218. The van der Waals surface area contributed by atoms with E-state index in [1.807, 2.05) is 36.4 Å². The third-order valence-electron chi connectivity index (χ3n) is 5.09. The van der Waals surface area contributed by atoms with E-state index in [2.05, 4.69) is 39.9 Å². The van der Waals surface area contributed by atoms with Crippen LogP contribution in [-0.2, 0) is 11.3 Å². The number of thioether (sulfide) groups is 1. The molecule has 0 N–H and O–H groups in total. The van der Waals surface area contributed by atoms with Gasteiger partial charge in [-0.1, -0.05) is 34.1 Å². The van der Waals surface area contributed by atoms with Crippen molar-refractivity contribution in [2.24, 2.45) is 0 Å². The van der Waals surface area contributed by atoms with Crippen LogP contribution in [0.1, 0.15) is 29.5 Å². The van der Waals surface area contributed by atoms with Gasteiger partial charge in [-0.25, -0.2) is 0 Å². The second kappa shape index (κ2) is 8.13. The Morgan fingerprint density at radius 2 is 1.79 bits per heavy atom. The average Bonchev–Trinajstić information content (AvgIpc) is 3.28. The Morgan fingerprint density at radius 1 is 1.07 bits per heavy atom. The Bertz CT molecular complexity index is 950. The molecule has 2 heterocycles. The second-order valence-electron chi connectivity index (χ2n) is 7.13. The fourth-order valence-electron chi connectivity index (χ4n) is 3.64. The van der Waals surface area contributed by atoms with Crippen molar-refractivity contribution in [2.45, 2.75) is 26.3 Å². The third kappa shape index (κ3) is 4.03. The molecule has 0 aromatic heterocycles. The molecular formula is C22H21BrN2O2S. The Kier molecular flexibility index (Phi) is 5.60. The standard InChI is InChI=1S/C22H21BrN2O2S/c1-15-12-17(6-9-19(15)24-10-2-3-11-24)13-20-21(26)25(22(27)28-20)14-16-4-7-18(23)8-5-16/h4-9,12-13H,2-3,10-11,14H2,1H3/b20-13-. The molecule has 0 bridgehead atoms. The quantitative estimate of drug-likeness (QED) is 0.561. The zero-order chi connectivity index (χ0) is 19.7. The summed E-state index contributed by atoms with van der Waals surface area (Å²) in [7, 11) is 0. The summed E-state index contributed by atoms with van der Waals surface area (Å²) >= 11 is 4.41. The summed E-state index contributed by atoms with van der Waals surface area (Å²) in [6, 6.07) is 13.9. The van der Waals surface area contributed by atoms with Crippen LogP contribution in [0.2, 0.25) is 0 Å². The maximum absolute atomic E-state index is 12.8. The summed E-state index contributed by atoms with van der Waals surface area (Å²) in [4.78, 5) is 29.3. The lowest BCUT2D eigenvalue weighted by Crippen LogP contribution is -2.27. The van der Waals surface area contributed by atoms with Crippen LogP contribution in [0, 0.1) is 6.92 Å². The molecule has 28 heavy (non-hydrogen) atoms. The van der Waals surface area contributed by atoms with Crippen molar-refractivity contribution >= 4 is 50.6 Å². The van der Waals surface area contributed by atoms with Crippen LogP contribution in [0.5, 0.6) is 0 Å². The van der Waals surface area contributed by atoms with Gasteiger partial charge in [0.05, 0.1) is 11.4 Å². The van der Waals surface area contributed by atoms with E-state index in [1.54, 1.807) is 0 Å². The molecule has 0 spiro atoms. The van der Waals surface area contributed by atoms with Gasteiger partial charge in [0, 0.05) is 23.2 Å². The number of hydrogen-bond donors (Lipinski definition) is 0. The number of amides is 2. The van der Waals surface area contributed by atoms with Gasteiger partial charge in [-0.3, -0.25) is 14.5 Å². The third-order valence-corrected chi connectivity index (χ3v) is 6.53. The number of nitrogens with zero attached hydrogens (tertiary/aromatic N) is 2. The molecule has 6 heteroatoms. The maximum atomic E-state index is 12.8. The molecule has 0 radical (unpaired) electrons. The molecule has 4 nitrogen and oxygen atoms in total. The summed E-state index contributed by atoms with van der Waals surface area (Å²) < 4.78 is 0.970. The molecule has 2 fully saturated rings. The van der Waals surface area contributed by atoms with Crippen molar-refractivity contribution in [3.8, 4) is 0 Å². The van der Waals surface area contributed by atoms with Gasteiger partial charge in [-0.15, -0.1) is 0 Å². The fraction of sp³-hybridized carbons (Fsp3) is 0.273.